The van der Waals surface area contributed by atoms with Crippen molar-refractivity contribution < 1.29 is 0 Å². The third-order valence-corrected chi connectivity index (χ3v) is 3.66. The number of halogens is 1. The van der Waals surface area contributed by atoms with E-state index in [1.165, 1.54) is 4.57 Å². The second-order valence-electron chi connectivity index (χ2n) is 5.02. The molecular formula is C17H16ClN5O. The zero-order chi connectivity index (χ0) is 16.9. The predicted molar refractivity (Wildman–Crippen MR) is 96.1 cm³/mol. The SMILES string of the molecule is CCn1c(-c2ccc(Cl)cc2)nc(NNc2ccccc2)nc1=O. The summed E-state index contributed by atoms with van der Waals surface area (Å²) in [5.74, 6) is 0.741. The van der Waals surface area contributed by atoms with E-state index in [-0.39, 0.29) is 11.6 Å². The smallest absolute Gasteiger partial charge is 0.298 e. The summed E-state index contributed by atoms with van der Waals surface area (Å²) < 4.78 is 1.51. The van der Waals surface area contributed by atoms with E-state index in [9.17, 15) is 4.79 Å². The van der Waals surface area contributed by atoms with Gasteiger partial charge in [-0.3, -0.25) is 15.4 Å². The molecule has 1 aromatic heterocycles. The van der Waals surface area contributed by atoms with Gasteiger partial charge in [-0.15, -0.1) is 0 Å². The fourth-order valence-corrected chi connectivity index (χ4v) is 2.36. The van der Waals surface area contributed by atoms with Gasteiger partial charge in [0.1, 0.15) is 5.82 Å². The van der Waals surface area contributed by atoms with Gasteiger partial charge < -0.3 is 0 Å². The molecule has 0 aliphatic heterocycles. The number of hydrogen-bond donors (Lipinski definition) is 2. The second kappa shape index (κ2) is 7.14. The summed E-state index contributed by atoms with van der Waals surface area (Å²) in [6, 6.07) is 16.7. The number of nitrogens with one attached hydrogen (secondary N) is 2. The number of hydrazine groups is 1. The van der Waals surface area contributed by atoms with E-state index in [0.29, 0.717) is 17.4 Å². The van der Waals surface area contributed by atoms with Crippen molar-refractivity contribution >= 4 is 23.2 Å². The summed E-state index contributed by atoms with van der Waals surface area (Å²) in [7, 11) is 0. The van der Waals surface area contributed by atoms with Crippen LogP contribution in [0.2, 0.25) is 5.02 Å². The van der Waals surface area contributed by atoms with Crippen LogP contribution in [0, 0.1) is 0 Å². The number of rotatable bonds is 5. The van der Waals surface area contributed by atoms with Gasteiger partial charge in [-0.2, -0.15) is 9.97 Å². The fraction of sp³-hybridized carbons (Fsp3) is 0.118. The lowest BCUT2D eigenvalue weighted by Gasteiger charge is -2.13. The third kappa shape index (κ3) is 3.55. The Morgan fingerprint density at radius 1 is 1.00 bits per heavy atom. The van der Waals surface area contributed by atoms with E-state index in [4.69, 9.17) is 11.6 Å². The van der Waals surface area contributed by atoms with Gasteiger partial charge in [0.05, 0.1) is 5.69 Å². The highest BCUT2D eigenvalue weighted by Gasteiger charge is 2.11. The molecule has 0 fully saturated rings. The third-order valence-electron chi connectivity index (χ3n) is 3.41. The number of aromatic nitrogens is 3. The molecule has 0 atom stereocenters. The van der Waals surface area contributed by atoms with Gasteiger partial charge in [0.2, 0.25) is 5.95 Å². The van der Waals surface area contributed by atoms with Crippen molar-refractivity contribution in [1.29, 1.82) is 0 Å². The molecule has 0 unspecified atom stereocenters. The van der Waals surface area contributed by atoms with E-state index >= 15 is 0 Å². The van der Waals surface area contributed by atoms with Gasteiger partial charge in [-0.25, -0.2) is 4.79 Å². The van der Waals surface area contributed by atoms with Gasteiger partial charge >= 0.3 is 5.69 Å². The zero-order valence-electron chi connectivity index (χ0n) is 13.0. The molecule has 0 radical (unpaired) electrons. The molecular weight excluding hydrogens is 326 g/mol. The minimum atomic E-state index is -0.366. The standard InChI is InChI=1S/C17H16ClN5O/c1-2-23-15(12-8-10-13(18)11-9-12)19-16(20-17(23)24)22-21-14-6-4-3-5-7-14/h3-11,21H,2H2,1H3,(H,20,22,24). The molecule has 7 heteroatoms. The minimum Gasteiger partial charge on any atom is -0.298 e. The Balaban J connectivity index is 1.94. The summed E-state index contributed by atoms with van der Waals surface area (Å²) in [6.45, 7) is 2.35. The first-order chi connectivity index (χ1) is 11.7. The molecule has 24 heavy (non-hydrogen) atoms. The summed E-state index contributed by atoms with van der Waals surface area (Å²) >= 11 is 5.93. The molecule has 0 spiro atoms. The Hall–Kier alpha value is -2.86. The lowest BCUT2D eigenvalue weighted by atomic mass is 10.2. The lowest BCUT2D eigenvalue weighted by molar-refractivity contribution is 0.688. The van der Waals surface area contributed by atoms with E-state index in [1.54, 1.807) is 12.1 Å². The maximum absolute atomic E-state index is 12.3. The van der Waals surface area contributed by atoms with Crippen LogP contribution in [0.1, 0.15) is 6.92 Å². The Morgan fingerprint density at radius 2 is 1.71 bits per heavy atom. The maximum Gasteiger partial charge on any atom is 0.352 e. The average Bonchev–Trinajstić information content (AvgIpc) is 2.61. The van der Waals surface area contributed by atoms with Crippen LogP contribution in [0.25, 0.3) is 11.4 Å². The lowest BCUT2D eigenvalue weighted by Crippen LogP contribution is -2.27. The monoisotopic (exact) mass is 341 g/mol. The van der Waals surface area contributed by atoms with Crippen molar-refractivity contribution in [2.45, 2.75) is 13.5 Å². The molecule has 0 aliphatic rings. The van der Waals surface area contributed by atoms with Crippen LogP contribution in [0.4, 0.5) is 11.6 Å². The second-order valence-corrected chi connectivity index (χ2v) is 5.46. The van der Waals surface area contributed by atoms with Crippen molar-refractivity contribution in [2.75, 3.05) is 10.9 Å². The number of para-hydroxylation sites is 1. The molecule has 0 amide bonds. The highest BCUT2D eigenvalue weighted by atomic mass is 35.5. The Morgan fingerprint density at radius 3 is 2.38 bits per heavy atom. The molecule has 1 heterocycles. The van der Waals surface area contributed by atoms with E-state index in [1.807, 2.05) is 49.4 Å². The van der Waals surface area contributed by atoms with Crippen LogP contribution in [0.3, 0.4) is 0 Å². The van der Waals surface area contributed by atoms with Gasteiger partial charge in [0, 0.05) is 17.1 Å². The van der Waals surface area contributed by atoms with Crippen molar-refractivity contribution in [3.8, 4) is 11.4 Å². The molecule has 0 saturated heterocycles. The highest BCUT2D eigenvalue weighted by molar-refractivity contribution is 6.30. The first-order valence-corrected chi connectivity index (χ1v) is 7.87. The molecule has 6 nitrogen and oxygen atoms in total. The van der Waals surface area contributed by atoms with Crippen LogP contribution >= 0.6 is 11.6 Å². The van der Waals surface area contributed by atoms with Crippen molar-refractivity contribution in [3.63, 3.8) is 0 Å². The van der Waals surface area contributed by atoms with Crippen molar-refractivity contribution in [3.05, 3.63) is 70.1 Å². The summed E-state index contributed by atoms with van der Waals surface area (Å²) in [5.41, 5.74) is 7.10. The average molecular weight is 342 g/mol. The van der Waals surface area contributed by atoms with E-state index < -0.39 is 0 Å². The van der Waals surface area contributed by atoms with Gasteiger partial charge in [0.25, 0.3) is 0 Å². The molecule has 2 aromatic carbocycles. The topological polar surface area (TPSA) is 71.8 Å². The highest BCUT2D eigenvalue weighted by Crippen LogP contribution is 2.19. The number of benzene rings is 2. The van der Waals surface area contributed by atoms with Crippen LogP contribution in [-0.2, 0) is 6.54 Å². The minimum absolute atomic E-state index is 0.207. The Kier molecular flexibility index (Phi) is 4.77. The van der Waals surface area contributed by atoms with Crippen molar-refractivity contribution in [2.24, 2.45) is 0 Å². The quantitative estimate of drug-likeness (QED) is 0.696. The molecule has 3 rings (SSSR count). The molecule has 122 valence electrons. The number of anilines is 2. The maximum atomic E-state index is 12.3. The van der Waals surface area contributed by atoms with Gasteiger partial charge in [0.15, 0.2) is 0 Å². The van der Waals surface area contributed by atoms with Crippen molar-refractivity contribution in [1.82, 2.24) is 14.5 Å². The molecule has 0 bridgehead atoms. The fourth-order valence-electron chi connectivity index (χ4n) is 2.24. The summed E-state index contributed by atoms with van der Waals surface area (Å²) in [5, 5.41) is 0.627. The Bertz CT molecular complexity index is 878. The number of hydrogen-bond acceptors (Lipinski definition) is 5. The molecule has 0 aliphatic carbocycles. The molecule has 2 N–H and O–H groups in total. The van der Waals surface area contributed by atoms with Gasteiger partial charge in [-0.05, 0) is 43.3 Å². The summed E-state index contributed by atoms with van der Waals surface area (Å²) in [6.07, 6.45) is 0. The normalized spacial score (nSPS) is 10.4. The van der Waals surface area contributed by atoms with E-state index in [0.717, 1.165) is 11.3 Å². The first kappa shape index (κ1) is 16.0. The molecule has 0 saturated carbocycles. The van der Waals surface area contributed by atoms with E-state index in [2.05, 4.69) is 20.8 Å². The van der Waals surface area contributed by atoms with Crippen LogP contribution in [0.5, 0.6) is 0 Å². The largest absolute Gasteiger partial charge is 0.352 e. The summed E-state index contributed by atoms with van der Waals surface area (Å²) in [4.78, 5) is 20.7. The predicted octanol–water partition coefficient (Wildman–Crippen LogP) is 3.42. The molecule has 3 aromatic rings. The number of nitrogens with zero attached hydrogens (tertiary/aromatic N) is 3. The van der Waals surface area contributed by atoms with Crippen LogP contribution < -0.4 is 16.5 Å². The van der Waals surface area contributed by atoms with Gasteiger partial charge in [-0.1, -0.05) is 29.8 Å². The van der Waals surface area contributed by atoms with Crippen LogP contribution in [-0.4, -0.2) is 14.5 Å². The van der Waals surface area contributed by atoms with Crippen LogP contribution in [0.15, 0.2) is 59.4 Å². The Labute approximate surface area is 144 Å². The first-order valence-electron chi connectivity index (χ1n) is 7.49. The zero-order valence-corrected chi connectivity index (χ0v) is 13.8.